The highest BCUT2D eigenvalue weighted by Crippen LogP contribution is 2.17. The first kappa shape index (κ1) is 11.4. The number of hydrogen-bond donors (Lipinski definition) is 0. The lowest BCUT2D eigenvalue weighted by Gasteiger charge is -2.07. The van der Waals surface area contributed by atoms with Gasteiger partial charge in [-0.15, -0.1) is 0 Å². The van der Waals surface area contributed by atoms with Crippen LogP contribution in [0.3, 0.4) is 0 Å². The lowest BCUT2D eigenvalue weighted by Crippen LogP contribution is -2.10. The first-order valence-electron chi connectivity index (χ1n) is 4.78. The number of aryl methyl sites for hydroxylation is 1. The third-order valence-electron chi connectivity index (χ3n) is 2.32. The molecule has 14 heavy (non-hydrogen) atoms. The second kappa shape index (κ2) is 4.74. The zero-order chi connectivity index (χ0) is 10.7. The molecule has 1 nitrogen and oxygen atoms in total. The van der Waals surface area contributed by atoms with Gasteiger partial charge in [-0.2, -0.15) is 0 Å². The van der Waals surface area contributed by atoms with Crippen molar-refractivity contribution in [2.45, 2.75) is 27.2 Å². The van der Waals surface area contributed by atoms with Crippen molar-refractivity contribution in [3.63, 3.8) is 0 Å². The molecule has 0 N–H and O–H groups in total. The van der Waals surface area contributed by atoms with E-state index in [0.717, 1.165) is 10.0 Å². The molecule has 1 aromatic carbocycles. The van der Waals surface area contributed by atoms with E-state index in [1.807, 2.05) is 39.0 Å². The Morgan fingerprint density at radius 1 is 1.43 bits per heavy atom. The Morgan fingerprint density at radius 3 is 2.64 bits per heavy atom. The van der Waals surface area contributed by atoms with E-state index < -0.39 is 0 Å². The van der Waals surface area contributed by atoms with Crippen molar-refractivity contribution in [2.24, 2.45) is 5.92 Å². The van der Waals surface area contributed by atoms with E-state index in [1.165, 1.54) is 5.56 Å². The summed E-state index contributed by atoms with van der Waals surface area (Å²) in [6.07, 6.45) is 0.545. The highest BCUT2D eigenvalue weighted by molar-refractivity contribution is 9.10. The molecule has 0 atom stereocenters. The Kier molecular flexibility index (Phi) is 3.87. The van der Waals surface area contributed by atoms with Crippen LogP contribution in [0.4, 0.5) is 0 Å². The number of hydrogen-bond acceptors (Lipinski definition) is 1. The Hall–Kier alpha value is -0.630. The van der Waals surface area contributed by atoms with Gasteiger partial charge in [0.1, 0.15) is 5.78 Å². The average Bonchev–Trinajstić information content (AvgIpc) is 2.11. The first-order valence-corrected chi connectivity index (χ1v) is 5.57. The molecule has 0 aliphatic rings. The van der Waals surface area contributed by atoms with Crippen molar-refractivity contribution in [3.8, 4) is 0 Å². The largest absolute Gasteiger partial charge is 0.299 e. The van der Waals surface area contributed by atoms with Crippen LogP contribution in [0.25, 0.3) is 0 Å². The summed E-state index contributed by atoms with van der Waals surface area (Å²) in [6, 6.07) is 6.06. The van der Waals surface area contributed by atoms with E-state index in [1.54, 1.807) is 0 Å². The molecule has 0 saturated carbocycles. The van der Waals surface area contributed by atoms with Crippen LogP contribution in [-0.4, -0.2) is 5.78 Å². The van der Waals surface area contributed by atoms with Crippen molar-refractivity contribution in [1.82, 2.24) is 0 Å². The zero-order valence-corrected chi connectivity index (χ0v) is 10.4. The molecule has 0 aromatic heterocycles. The SMILES string of the molecule is Cc1ccc(Br)cc1CC(=O)C(C)C. The van der Waals surface area contributed by atoms with Crippen LogP contribution in [0.1, 0.15) is 25.0 Å². The molecule has 0 saturated heterocycles. The Balaban J connectivity index is 2.86. The molecule has 0 spiro atoms. The van der Waals surface area contributed by atoms with Gasteiger partial charge in [0.05, 0.1) is 0 Å². The van der Waals surface area contributed by atoms with Crippen LogP contribution in [0.5, 0.6) is 0 Å². The summed E-state index contributed by atoms with van der Waals surface area (Å²) in [6.45, 7) is 5.92. The normalized spacial score (nSPS) is 10.6. The fraction of sp³-hybridized carbons (Fsp3) is 0.417. The van der Waals surface area contributed by atoms with Crippen LogP contribution in [0.2, 0.25) is 0 Å². The smallest absolute Gasteiger partial charge is 0.139 e. The molecule has 0 bridgehead atoms. The Bertz CT molecular complexity index is 342. The molecule has 0 radical (unpaired) electrons. The number of Topliss-reactive ketones (excluding diaryl/α,β-unsaturated/α-hetero) is 1. The van der Waals surface area contributed by atoms with Crippen LogP contribution in [-0.2, 0) is 11.2 Å². The minimum absolute atomic E-state index is 0.119. The third-order valence-corrected chi connectivity index (χ3v) is 2.81. The van der Waals surface area contributed by atoms with Gasteiger partial charge >= 0.3 is 0 Å². The van der Waals surface area contributed by atoms with Crippen molar-refractivity contribution >= 4 is 21.7 Å². The molecule has 2 heteroatoms. The second-order valence-electron chi connectivity index (χ2n) is 3.87. The fourth-order valence-electron chi connectivity index (χ4n) is 1.22. The predicted molar refractivity (Wildman–Crippen MR) is 62.4 cm³/mol. The van der Waals surface area contributed by atoms with Gasteiger partial charge in [0, 0.05) is 16.8 Å². The quantitative estimate of drug-likeness (QED) is 0.807. The number of benzene rings is 1. The highest BCUT2D eigenvalue weighted by Gasteiger charge is 2.09. The summed E-state index contributed by atoms with van der Waals surface area (Å²) in [4.78, 5) is 11.6. The average molecular weight is 255 g/mol. The van der Waals surface area contributed by atoms with Crippen LogP contribution < -0.4 is 0 Å². The zero-order valence-electron chi connectivity index (χ0n) is 8.80. The minimum Gasteiger partial charge on any atom is -0.299 e. The van der Waals surface area contributed by atoms with Gasteiger partial charge in [0.25, 0.3) is 0 Å². The molecular formula is C12H15BrO. The van der Waals surface area contributed by atoms with Gasteiger partial charge in [0.2, 0.25) is 0 Å². The van der Waals surface area contributed by atoms with Crippen LogP contribution in [0.15, 0.2) is 22.7 Å². The van der Waals surface area contributed by atoms with Crippen molar-refractivity contribution in [2.75, 3.05) is 0 Å². The number of ketones is 1. The summed E-state index contributed by atoms with van der Waals surface area (Å²) in [5.74, 6) is 0.416. The molecular weight excluding hydrogens is 240 g/mol. The van der Waals surface area contributed by atoms with E-state index in [2.05, 4.69) is 15.9 Å². The van der Waals surface area contributed by atoms with Crippen molar-refractivity contribution in [1.29, 1.82) is 0 Å². The number of carbonyl (C=O) groups is 1. The van der Waals surface area contributed by atoms with Gasteiger partial charge in [-0.1, -0.05) is 35.8 Å². The molecule has 0 amide bonds. The van der Waals surface area contributed by atoms with Crippen molar-refractivity contribution in [3.05, 3.63) is 33.8 Å². The molecule has 0 aliphatic carbocycles. The third kappa shape index (κ3) is 2.95. The fourth-order valence-corrected chi connectivity index (χ4v) is 1.63. The lowest BCUT2D eigenvalue weighted by molar-refractivity contribution is -0.121. The maximum Gasteiger partial charge on any atom is 0.139 e. The molecule has 1 rings (SSSR count). The monoisotopic (exact) mass is 254 g/mol. The van der Waals surface area contributed by atoms with E-state index in [0.29, 0.717) is 12.2 Å². The van der Waals surface area contributed by atoms with Crippen molar-refractivity contribution < 1.29 is 4.79 Å². The molecule has 0 fully saturated rings. The van der Waals surface area contributed by atoms with Gasteiger partial charge < -0.3 is 0 Å². The van der Waals surface area contributed by atoms with E-state index in [4.69, 9.17) is 0 Å². The topological polar surface area (TPSA) is 17.1 Å². The first-order chi connectivity index (χ1) is 6.50. The van der Waals surface area contributed by atoms with E-state index in [-0.39, 0.29) is 5.92 Å². The maximum atomic E-state index is 11.6. The molecule has 76 valence electrons. The number of rotatable bonds is 3. The summed E-state index contributed by atoms with van der Waals surface area (Å²) >= 11 is 3.41. The Morgan fingerprint density at radius 2 is 2.07 bits per heavy atom. The molecule has 1 aromatic rings. The maximum absolute atomic E-state index is 11.6. The number of carbonyl (C=O) groups excluding carboxylic acids is 1. The van der Waals surface area contributed by atoms with E-state index >= 15 is 0 Å². The molecule has 0 unspecified atom stereocenters. The second-order valence-corrected chi connectivity index (χ2v) is 4.78. The van der Waals surface area contributed by atoms with Gasteiger partial charge in [-0.3, -0.25) is 4.79 Å². The predicted octanol–water partition coefficient (Wildman–Crippen LogP) is 3.53. The summed E-state index contributed by atoms with van der Waals surface area (Å²) in [7, 11) is 0. The summed E-state index contributed by atoms with van der Waals surface area (Å²) in [5.41, 5.74) is 2.31. The molecule has 0 heterocycles. The van der Waals surface area contributed by atoms with Crippen LogP contribution in [0, 0.1) is 12.8 Å². The standard InChI is InChI=1S/C12H15BrO/c1-8(2)12(14)7-10-6-11(13)5-4-9(10)3/h4-6,8H,7H2,1-3H3. The summed E-state index contributed by atoms with van der Waals surface area (Å²) in [5, 5.41) is 0. The minimum atomic E-state index is 0.119. The van der Waals surface area contributed by atoms with E-state index in [9.17, 15) is 4.79 Å². The van der Waals surface area contributed by atoms with Gasteiger partial charge in [0.15, 0.2) is 0 Å². The van der Waals surface area contributed by atoms with Gasteiger partial charge in [-0.05, 0) is 30.2 Å². The summed E-state index contributed by atoms with van der Waals surface area (Å²) < 4.78 is 1.04. The van der Waals surface area contributed by atoms with Gasteiger partial charge in [-0.25, -0.2) is 0 Å². The lowest BCUT2D eigenvalue weighted by atomic mass is 9.98. The highest BCUT2D eigenvalue weighted by atomic mass is 79.9. The Labute approximate surface area is 93.7 Å². The molecule has 0 aliphatic heterocycles. The van der Waals surface area contributed by atoms with Crippen LogP contribution >= 0.6 is 15.9 Å². The number of halogens is 1.